The van der Waals surface area contributed by atoms with Crippen molar-refractivity contribution in [2.75, 3.05) is 5.88 Å². The Bertz CT molecular complexity index is 425. The molecule has 0 unspecified atom stereocenters. The van der Waals surface area contributed by atoms with Gasteiger partial charge in [0.05, 0.1) is 15.9 Å². The second kappa shape index (κ2) is 6.59. The maximum Gasteiger partial charge on any atom is 0.0767 e. The number of hydrogen-bond acceptors (Lipinski definition) is 2. The SMILES string of the molecule is CCc1nn(C)c(CNC2(CCl)CCCCC2)c1Br. The molecule has 1 aromatic heterocycles. The van der Waals surface area contributed by atoms with Crippen molar-refractivity contribution in [3.63, 3.8) is 0 Å². The number of nitrogens with one attached hydrogen (secondary N) is 1. The number of aryl methyl sites for hydroxylation is 2. The Labute approximate surface area is 129 Å². The van der Waals surface area contributed by atoms with Crippen molar-refractivity contribution in [1.82, 2.24) is 15.1 Å². The van der Waals surface area contributed by atoms with Gasteiger partial charge in [-0.2, -0.15) is 5.10 Å². The van der Waals surface area contributed by atoms with E-state index in [0.29, 0.717) is 5.88 Å². The molecule has 1 saturated carbocycles. The molecule has 0 atom stereocenters. The molecular formula is C14H23BrClN3. The molecule has 108 valence electrons. The Morgan fingerprint density at radius 2 is 2.05 bits per heavy atom. The van der Waals surface area contributed by atoms with Crippen molar-refractivity contribution in [1.29, 1.82) is 0 Å². The highest BCUT2D eigenvalue weighted by Gasteiger charge is 2.31. The van der Waals surface area contributed by atoms with Gasteiger partial charge in [-0.3, -0.25) is 4.68 Å². The minimum absolute atomic E-state index is 0.121. The van der Waals surface area contributed by atoms with E-state index in [1.807, 2.05) is 11.7 Å². The predicted molar refractivity (Wildman–Crippen MR) is 83.7 cm³/mol. The molecule has 0 radical (unpaired) electrons. The summed E-state index contributed by atoms with van der Waals surface area (Å²) in [5.74, 6) is 0.698. The van der Waals surface area contributed by atoms with Gasteiger partial charge >= 0.3 is 0 Å². The van der Waals surface area contributed by atoms with Gasteiger partial charge in [-0.15, -0.1) is 11.6 Å². The molecule has 0 amide bonds. The Morgan fingerprint density at radius 1 is 1.37 bits per heavy atom. The summed E-state index contributed by atoms with van der Waals surface area (Å²) in [6.07, 6.45) is 7.24. The van der Waals surface area contributed by atoms with Crippen molar-refractivity contribution >= 4 is 27.5 Å². The Hall–Kier alpha value is -0.0600. The molecule has 1 aliphatic rings. The van der Waals surface area contributed by atoms with E-state index in [-0.39, 0.29) is 5.54 Å². The van der Waals surface area contributed by atoms with E-state index in [1.165, 1.54) is 37.8 Å². The van der Waals surface area contributed by atoms with Crippen LogP contribution in [0.2, 0.25) is 0 Å². The molecule has 1 aromatic rings. The highest BCUT2D eigenvalue weighted by molar-refractivity contribution is 9.10. The lowest BCUT2D eigenvalue weighted by molar-refractivity contribution is 0.254. The first-order valence-corrected chi connectivity index (χ1v) is 8.46. The second-order valence-corrected chi connectivity index (χ2v) is 6.57. The van der Waals surface area contributed by atoms with Gasteiger partial charge in [-0.05, 0) is 35.2 Å². The number of halogens is 2. The zero-order chi connectivity index (χ0) is 13.9. The summed E-state index contributed by atoms with van der Waals surface area (Å²) in [5, 5.41) is 8.24. The molecule has 1 N–H and O–H groups in total. The molecule has 5 heteroatoms. The molecule has 1 heterocycles. The van der Waals surface area contributed by atoms with Gasteiger partial charge in [0.1, 0.15) is 0 Å². The first-order chi connectivity index (χ1) is 9.12. The van der Waals surface area contributed by atoms with E-state index in [2.05, 4.69) is 33.3 Å². The highest BCUT2D eigenvalue weighted by atomic mass is 79.9. The van der Waals surface area contributed by atoms with Gasteiger partial charge in [0, 0.05) is 25.0 Å². The molecule has 2 rings (SSSR count). The third-order valence-corrected chi connectivity index (χ3v) is 5.63. The minimum atomic E-state index is 0.121. The second-order valence-electron chi connectivity index (χ2n) is 5.51. The predicted octanol–water partition coefficient (Wildman–Crippen LogP) is 3.78. The molecule has 0 aromatic carbocycles. The smallest absolute Gasteiger partial charge is 0.0767 e. The third-order valence-electron chi connectivity index (χ3n) is 4.20. The van der Waals surface area contributed by atoms with Crippen LogP contribution in [0.3, 0.4) is 0 Å². The maximum atomic E-state index is 6.22. The number of rotatable bonds is 5. The van der Waals surface area contributed by atoms with Crippen LogP contribution in [0.1, 0.15) is 50.4 Å². The molecule has 0 saturated heterocycles. The largest absolute Gasteiger partial charge is 0.304 e. The van der Waals surface area contributed by atoms with Crippen molar-refractivity contribution in [2.45, 2.75) is 57.5 Å². The van der Waals surface area contributed by atoms with Crippen LogP contribution in [0.5, 0.6) is 0 Å². The van der Waals surface area contributed by atoms with E-state index >= 15 is 0 Å². The van der Waals surface area contributed by atoms with E-state index in [0.717, 1.165) is 23.1 Å². The van der Waals surface area contributed by atoms with Crippen molar-refractivity contribution in [3.8, 4) is 0 Å². The molecule has 0 bridgehead atoms. The summed E-state index contributed by atoms with van der Waals surface area (Å²) in [4.78, 5) is 0. The molecular weight excluding hydrogens is 326 g/mol. The average Bonchev–Trinajstić information content (AvgIpc) is 2.72. The van der Waals surface area contributed by atoms with Crippen LogP contribution < -0.4 is 5.32 Å². The first-order valence-electron chi connectivity index (χ1n) is 7.13. The Morgan fingerprint density at radius 3 is 2.58 bits per heavy atom. The highest BCUT2D eigenvalue weighted by Crippen LogP contribution is 2.30. The molecule has 1 fully saturated rings. The van der Waals surface area contributed by atoms with Crippen LogP contribution in [0.15, 0.2) is 4.47 Å². The number of alkyl halides is 1. The fourth-order valence-electron chi connectivity index (χ4n) is 2.87. The van der Waals surface area contributed by atoms with E-state index in [9.17, 15) is 0 Å². The lowest BCUT2D eigenvalue weighted by Crippen LogP contribution is -2.48. The van der Waals surface area contributed by atoms with Crippen LogP contribution in [-0.4, -0.2) is 21.2 Å². The average molecular weight is 349 g/mol. The van der Waals surface area contributed by atoms with Gasteiger partial charge in [0.2, 0.25) is 0 Å². The molecule has 19 heavy (non-hydrogen) atoms. The number of hydrogen-bond donors (Lipinski definition) is 1. The fraction of sp³-hybridized carbons (Fsp3) is 0.786. The molecule has 0 aliphatic heterocycles. The Kier molecular flexibility index (Phi) is 5.32. The van der Waals surface area contributed by atoms with Gasteiger partial charge in [0.25, 0.3) is 0 Å². The summed E-state index contributed by atoms with van der Waals surface area (Å²) in [6.45, 7) is 2.96. The summed E-state index contributed by atoms with van der Waals surface area (Å²) in [5.41, 5.74) is 2.46. The van der Waals surface area contributed by atoms with Crippen LogP contribution in [0.25, 0.3) is 0 Å². The van der Waals surface area contributed by atoms with Gasteiger partial charge < -0.3 is 5.32 Å². The zero-order valence-corrected chi connectivity index (χ0v) is 14.1. The number of nitrogens with zero attached hydrogens (tertiary/aromatic N) is 2. The molecule has 1 aliphatic carbocycles. The van der Waals surface area contributed by atoms with Crippen molar-refractivity contribution in [2.24, 2.45) is 7.05 Å². The minimum Gasteiger partial charge on any atom is -0.304 e. The van der Waals surface area contributed by atoms with Gasteiger partial charge in [-0.1, -0.05) is 26.2 Å². The van der Waals surface area contributed by atoms with Crippen LogP contribution in [-0.2, 0) is 20.0 Å². The van der Waals surface area contributed by atoms with E-state index in [4.69, 9.17) is 11.6 Å². The van der Waals surface area contributed by atoms with Crippen LogP contribution >= 0.6 is 27.5 Å². The summed E-state index contributed by atoms with van der Waals surface area (Å²) in [6, 6.07) is 0. The summed E-state index contributed by atoms with van der Waals surface area (Å²) < 4.78 is 3.12. The fourth-order valence-corrected chi connectivity index (χ4v) is 3.99. The molecule has 0 spiro atoms. The lowest BCUT2D eigenvalue weighted by Gasteiger charge is -2.36. The maximum absolute atomic E-state index is 6.22. The normalized spacial score (nSPS) is 18.7. The van der Waals surface area contributed by atoms with E-state index in [1.54, 1.807) is 0 Å². The van der Waals surface area contributed by atoms with Crippen molar-refractivity contribution in [3.05, 3.63) is 15.9 Å². The topological polar surface area (TPSA) is 29.9 Å². The third kappa shape index (κ3) is 3.34. The van der Waals surface area contributed by atoms with Gasteiger partial charge in [-0.25, -0.2) is 0 Å². The summed E-state index contributed by atoms with van der Waals surface area (Å²) in [7, 11) is 2.01. The van der Waals surface area contributed by atoms with Crippen LogP contribution in [0.4, 0.5) is 0 Å². The van der Waals surface area contributed by atoms with E-state index < -0.39 is 0 Å². The lowest BCUT2D eigenvalue weighted by atomic mass is 9.83. The zero-order valence-electron chi connectivity index (χ0n) is 11.8. The monoisotopic (exact) mass is 347 g/mol. The van der Waals surface area contributed by atoms with Crippen LogP contribution in [0, 0.1) is 0 Å². The quantitative estimate of drug-likeness (QED) is 0.821. The summed E-state index contributed by atoms with van der Waals surface area (Å²) >= 11 is 9.89. The Balaban J connectivity index is 2.07. The molecule has 3 nitrogen and oxygen atoms in total. The first kappa shape index (κ1) is 15.3. The van der Waals surface area contributed by atoms with Gasteiger partial charge in [0.15, 0.2) is 0 Å². The number of aromatic nitrogens is 2. The van der Waals surface area contributed by atoms with Crippen molar-refractivity contribution < 1.29 is 0 Å². The standard InChI is InChI=1S/C14H23BrClN3/c1-3-11-13(15)12(19(2)18-11)9-17-14(10-16)7-5-4-6-8-14/h17H,3-10H2,1-2H3.